The second-order valence-electron chi connectivity index (χ2n) is 7.39. The molecule has 2 aromatic heterocycles. The van der Waals surface area contributed by atoms with Crippen LogP contribution in [-0.2, 0) is 24.2 Å². The summed E-state index contributed by atoms with van der Waals surface area (Å²) in [5.74, 6) is 0.237. The lowest BCUT2D eigenvalue weighted by Crippen LogP contribution is -2.34. The highest BCUT2D eigenvalue weighted by atomic mass is 32.2. The minimum atomic E-state index is -0.0209. The van der Waals surface area contributed by atoms with Crippen LogP contribution in [0.4, 0.5) is 0 Å². The SMILES string of the molecule is C=CCn1c(SCC(=O)N[C@H](C)CCC)nc2sc3c(c2c1=O)CCCCC3. The van der Waals surface area contributed by atoms with E-state index in [0.717, 1.165) is 42.3 Å². The van der Waals surface area contributed by atoms with E-state index in [-0.39, 0.29) is 23.3 Å². The van der Waals surface area contributed by atoms with Gasteiger partial charge in [-0.2, -0.15) is 0 Å². The van der Waals surface area contributed by atoms with Gasteiger partial charge < -0.3 is 5.32 Å². The van der Waals surface area contributed by atoms with E-state index in [1.165, 1.54) is 35.0 Å². The van der Waals surface area contributed by atoms with Crippen molar-refractivity contribution in [3.63, 3.8) is 0 Å². The number of thioether (sulfide) groups is 1. The Labute approximate surface area is 174 Å². The van der Waals surface area contributed by atoms with Crippen molar-refractivity contribution in [2.24, 2.45) is 0 Å². The van der Waals surface area contributed by atoms with Gasteiger partial charge in [0.05, 0.1) is 11.1 Å². The highest BCUT2D eigenvalue weighted by molar-refractivity contribution is 7.99. The number of aryl methyl sites for hydroxylation is 2. The number of fused-ring (bicyclic) bond motifs is 3. The zero-order valence-electron chi connectivity index (χ0n) is 16.8. The van der Waals surface area contributed by atoms with Crippen molar-refractivity contribution in [3.8, 4) is 0 Å². The van der Waals surface area contributed by atoms with E-state index < -0.39 is 0 Å². The molecule has 28 heavy (non-hydrogen) atoms. The van der Waals surface area contributed by atoms with Crippen LogP contribution in [0.15, 0.2) is 22.6 Å². The summed E-state index contributed by atoms with van der Waals surface area (Å²) in [5.41, 5.74) is 1.21. The number of aromatic nitrogens is 2. The molecule has 1 atom stereocenters. The van der Waals surface area contributed by atoms with Gasteiger partial charge >= 0.3 is 0 Å². The average molecular weight is 420 g/mol. The van der Waals surface area contributed by atoms with Crippen LogP contribution in [0, 0.1) is 0 Å². The van der Waals surface area contributed by atoms with E-state index in [9.17, 15) is 9.59 Å². The lowest BCUT2D eigenvalue weighted by Gasteiger charge is -2.13. The molecule has 3 rings (SSSR count). The Balaban J connectivity index is 1.89. The van der Waals surface area contributed by atoms with Crippen LogP contribution >= 0.6 is 23.1 Å². The van der Waals surface area contributed by atoms with Gasteiger partial charge in [0.2, 0.25) is 5.91 Å². The maximum atomic E-state index is 13.3. The molecule has 0 fully saturated rings. The monoisotopic (exact) mass is 419 g/mol. The Kier molecular flexibility index (Phi) is 7.35. The first-order valence-corrected chi connectivity index (χ1v) is 11.9. The Morgan fingerprint density at radius 1 is 1.39 bits per heavy atom. The van der Waals surface area contributed by atoms with Crippen LogP contribution in [0.1, 0.15) is 56.4 Å². The van der Waals surface area contributed by atoms with Gasteiger partial charge in [-0.1, -0.05) is 37.6 Å². The van der Waals surface area contributed by atoms with Crippen LogP contribution in [0.2, 0.25) is 0 Å². The summed E-state index contributed by atoms with van der Waals surface area (Å²) < 4.78 is 1.67. The van der Waals surface area contributed by atoms with E-state index in [1.807, 2.05) is 6.92 Å². The zero-order valence-corrected chi connectivity index (χ0v) is 18.4. The molecule has 0 aromatic carbocycles. The lowest BCUT2D eigenvalue weighted by molar-refractivity contribution is -0.119. The molecular formula is C21H29N3O2S2. The van der Waals surface area contributed by atoms with Crippen molar-refractivity contribution < 1.29 is 4.79 Å². The highest BCUT2D eigenvalue weighted by Gasteiger charge is 2.21. The number of carbonyl (C=O) groups is 1. The minimum absolute atomic E-state index is 0.00607. The Morgan fingerprint density at radius 3 is 2.93 bits per heavy atom. The molecule has 5 nitrogen and oxygen atoms in total. The maximum Gasteiger partial charge on any atom is 0.263 e. The van der Waals surface area contributed by atoms with E-state index in [4.69, 9.17) is 4.98 Å². The fourth-order valence-corrected chi connectivity index (χ4v) is 5.87. The standard InChI is InChI=1S/C21H29N3O2S2/c1-4-9-14(3)22-17(25)13-27-21-23-19-18(20(26)24(21)12-5-2)15-10-7-6-8-11-16(15)28-19/h5,14H,2,4,6-13H2,1,3H3,(H,22,25)/t14-/m1/s1. The summed E-state index contributed by atoms with van der Waals surface area (Å²) in [5, 5.41) is 4.40. The first kappa shape index (κ1) is 21.1. The molecule has 2 aromatic rings. The molecule has 0 aliphatic heterocycles. The van der Waals surface area contributed by atoms with Gasteiger partial charge in [0.25, 0.3) is 5.56 Å². The molecule has 1 aliphatic carbocycles. The molecule has 0 bridgehead atoms. The summed E-state index contributed by atoms with van der Waals surface area (Å²) in [6.07, 6.45) is 9.24. The summed E-state index contributed by atoms with van der Waals surface area (Å²) in [4.78, 5) is 32.4. The van der Waals surface area contributed by atoms with Gasteiger partial charge in [0, 0.05) is 17.5 Å². The topological polar surface area (TPSA) is 64.0 Å². The molecule has 1 amide bonds. The summed E-state index contributed by atoms with van der Waals surface area (Å²) in [7, 11) is 0. The van der Waals surface area contributed by atoms with Crippen molar-refractivity contribution in [2.45, 2.75) is 76.5 Å². The van der Waals surface area contributed by atoms with Crippen molar-refractivity contribution in [1.82, 2.24) is 14.9 Å². The third-order valence-electron chi connectivity index (χ3n) is 5.06. The molecule has 0 spiro atoms. The van der Waals surface area contributed by atoms with Crippen molar-refractivity contribution in [1.29, 1.82) is 0 Å². The molecule has 1 N–H and O–H groups in total. The fraction of sp³-hybridized carbons (Fsp3) is 0.571. The molecule has 0 radical (unpaired) electrons. The van der Waals surface area contributed by atoms with Crippen LogP contribution < -0.4 is 10.9 Å². The first-order valence-electron chi connectivity index (χ1n) is 10.1. The van der Waals surface area contributed by atoms with Crippen LogP contribution in [0.25, 0.3) is 10.2 Å². The number of carbonyl (C=O) groups excluding carboxylic acids is 1. The van der Waals surface area contributed by atoms with E-state index in [1.54, 1.807) is 22.0 Å². The van der Waals surface area contributed by atoms with Crippen LogP contribution in [-0.4, -0.2) is 27.3 Å². The molecule has 2 heterocycles. The maximum absolute atomic E-state index is 13.3. The number of thiophene rings is 1. The normalized spacial score (nSPS) is 15.1. The summed E-state index contributed by atoms with van der Waals surface area (Å²) in [6.45, 7) is 8.32. The van der Waals surface area contributed by atoms with Crippen LogP contribution in [0.5, 0.6) is 0 Å². The second-order valence-corrected chi connectivity index (χ2v) is 9.42. The smallest absolute Gasteiger partial charge is 0.263 e. The Hall–Kier alpha value is -1.60. The van der Waals surface area contributed by atoms with Gasteiger partial charge in [-0.25, -0.2) is 4.98 Å². The lowest BCUT2D eigenvalue weighted by atomic mass is 10.1. The minimum Gasteiger partial charge on any atom is -0.353 e. The fourth-order valence-electron chi connectivity index (χ4n) is 3.75. The number of hydrogen-bond acceptors (Lipinski definition) is 5. The average Bonchev–Trinajstić information content (AvgIpc) is 2.84. The van der Waals surface area contributed by atoms with Gasteiger partial charge in [-0.15, -0.1) is 17.9 Å². The van der Waals surface area contributed by atoms with E-state index in [2.05, 4.69) is 18.8 Å². The van der Waals surface area contributed by atoms with Crippen molar-refractivity contribution in [3.05, 3.63) is 33.4 Å². The molecule has 1 aliphatic rings. The van der Waals surface area contributed by atoms with Gasteiger partial charge in [-0.05, 0) is 44.6 Å². The molecule has 0 unspecified atom stereocenters. The summed E-state index contributed by atoms with van der Waals surface area (Å²) in [6, 6.07) is 0.164. The number of nitrogens with zero attached hydrogens (tertiary/aromatic N) is 2. The molecule has 0 saturated heterocycles. The Morgan fingerprint density at radius 2 is 2.18 bits per heavy atom. The molecular weight excluding hydrogens is 390 g/mol. The largest absolute Gasteiger partial charge is 0.353 e. The van der Waals surface area contributed by atoms with Gasteiger partial charge in [-0.3, -0.25) is 14.2 Å². The first-order chi connectivity index (χ1) is 13.5. The molecule has 0 saturated carbocycles. The number of amides is 1. The van der Waals surface area contributed by atoms with Crippen molar-refractivity contribution in [2.75, 3.05) is 5.75 Å². The quantitative estimate of drug-likeness (QED) is 0.300. The van der Waals surface area contributed by atoms with Gasteiger partial charge in [0.1, 0.15) is 4.83 Å². The third kappa shape index (κ3) is 4.69. The third-order valence-corrected chi connectivity index (χ3v) is 7.23. The van der Waals surface area contributed by atoms with E-state index >= 15 is 0 Å². The predicted octanol–water partition coefficient (Wildman–Crippen LogP) is 4.31. The van der Waals surface area contributed by atoms with Crippen LogP contribution in [0.3, 0.4) is 0 Å². The molecule has 152 valence electrons. The number of hydrogen-bond donors (Lipinski definition) is 1. The second kappa shape index (κ2) is 9.74. The van der Waals surface area contributed by atoms with E-state index in [0.29, 0.717) is 11.7 Å². The summed E-state index contributed by atoms with van der Waals surface area (Å²) >= 11 is 2.99. The predicted molar refractivity (Wildman–Crippen MR) is 119 cm³/mol. The van der Waals surface area contributed by atoms with Gasteiger partial charge in [0.15, 0.2) is 5.16 Å². The number of allylic oxidation sites excluding steroid dienone is 1. The number of nitrogens with one attached hydrogen (secondary N) is 1. The van der Waals surface area contributed by atoms with Crippen molar-refractivity contribution >= 4 is 39.2 Å². The zero-order chi connectivity index (χ0) is 20.1. The number of rotatable bonds is 8. The highest BCUT2D eigenvalue weighted by Crippen LogP contribution is 2.34. The molecule has 7 heteroatoms. The Bertz CT molecular complexity index is 916.